The molecular formula is C14H28N4. The van der Waals surface area contributed by atoms with Gasteiger partial charge in [-0.05, 0) is 31.8 Å². The van der Waals surface area contributed by atoms with E-state index in [0.717, 1.165) is 38.5 Å². The van der Waals surface area contributed by atoms with Gasteiger partial charge in [0, 0.05) is 32.0 Å². The second-order valence-corrected chi connectivity index (χ2v) is 5.81. The predicted octanol–water partition coefficient (Wildman–Crippen LogP) is 1.89. The second-order valence-electron chi connectivity index (χ2n) is 5.81. The minimum absolute atomic E-state index is 0.194. The topological polar surface area (TPSA) is 47.1 Å². The molecule has 0 unspecified atom stereocenters. The van der Waals surface area contributed by atoms with Crippen LogP contribution in [-0.2, 0) is 6.54 Å². The van der Waals surface area contributed by atoms with E-state index in [-0.39, 0.29) is 5.41 Å². The highest BCUT2D eigenvalue weighted by Gasteiger charge is 2.19. The summed E-state index contributed by atoms with van der Waals surface area (Å²) >= 11 is 0. The van der Waals surface area contributed by atoms with E-state index < -0.39 is 0 Å². The van der Waals surface area contributed by atoms with Gasteiger partial charge in [-0.15, -0.1) is 0 Å². The van der Waals surface area contributed by atoms with Crippen LogP contribution < -0.4 is 5.73 Å². The van der Waals surface area contributed by atoms with Gasteiger partial charge in [-0.3, -0.25) is 0 Å². The van der Waals surface area contributed by atoms with Gasteiger partial charge in [0.2, 0.25) is 0 Å². The van der Waals surface area contributed by atoms with E-state index in [9.17, 15) is 0 Å². The van der Waals surface area contributed by atoms with Crippen molar-refractivity contribution in [2.45, 2.75) is 40.7 Å². The summed E-state index contributed by atoms with van der Waals surface area (Å²) in [4.78, 5) is 6.76. The molecule has 2 N–H and O–H groups in total. The van der Waals surface area contributed by atoms with Crippen molar-refractivity contribution in [1.29, 1.82) is 0 Å². The Bertz CT molecular complexity index is 343. The smallest absolute Gasteiger partial charge is 0.105 e. The number of aryl methyl sites for hydroxylation is 1. The molecule has 0 radical (unpaired) electrons. The molecule has 0 aliphatic rings. The van der Waals surface area contributed by atoms with Crippen LogP contribution in [0.1, 0.15) is 33.0 Å². The highest BCUT2D eigenvalue weighted by Crippen LogP contribution is 2.15. The van der Waals surface area contributed by atoms with Gasteiger partial charge in [0.25, 0.3) is 0 Å². The Morgan fingerprint density at radius 2 is 2.11 bits per heavy atom. The number of imidazole rings is 1. The number of rotatable bonds is 8. The van der Waals surface area contributed by atoms with Gasteiger partial charge in [-0.25, -0.2) is 4.98 Å². The minimum Gasteiger partial charge on any atom is -0.334 e. The Morgan fingerprint density at radius 1 is 1.39 bits per heavy atom. The third-order valence-electron chi connectivity index (χ3n) is 3.32. The van der Waals surface area contributed by atoms with E-state index >= 15 is 0 Å². The molecule has 0 atom stereocenters. The molecule has 4 heteroatoms. The molecule has 0 spiro atoms. The van der Waals surface area contributed by atoms with Gasteiger partial charge in [-0.2, -0.15) is 0 Å². The Hall–Kier alpha value is -0.870. The second kappa shape index (κ2) is 6.90. The van der Waals surface area contributed by atoms with Gasteiger partial charge in [0.15, 0.2) is 0 Å². The van der Waals surface area contributed by atoms with Crippen molar-refractivity contribution in [3.63, 3.8) is 0 Å². The van der Waals surface area contributed by atoms with Gasteiger partial charge in [0.05, 0.1) is 0 Å². The average Bonchev–Trinajstić information content (AvgIpc) is 2.72. The number of hydrogen-bond donors (Lipinski definition) is 1. The summed E-state index contributed by atoms with van der Waals surface area (Å²) < 4.78 is 2.21. The molecule has 0 fully saturated rings. The normalized spacial score (nSPS) is 12.3. The third-order valence-corrected chi connectivity index (χ3v) is 3.32. The van der Waals surface area contributed by atoms with E-state index in [2.05, 4.69) is 35.2 Å². The van der Waals surface area contributed by atoms with Crippen LogP contribution in [0.2, 0.25) is 0 Å². The largest absolute Gasteiger partial charge is 0.334 e. The van der Waals surface area contributed by atoms with Crippen LogP contribution in [0.3, 0.4) is 0 Å². The van der Waals surface area contributed by atoms with Crippen LogP contribution in [0.5, 0.6) is 0 Å². The van der Waals surface area contributed by atoms with Crippen LogP contribution in [0, 0.1) is 12.3 Å². The maximum atomic E-state index is 5.82. The predicted molar refractivity (Wildman–Crippen MR) is 76.5 cm³/mol. The molecule has 0 aromatic carbocycles. The zero-order valence-corrected chi connectivity index (χ0v) is 12.3. The lowest BCUT2D eigenvalue weighted by molar-refractivity contribution is 0.177. The van der Waals surface area contributed by atoms with Crippen molar-refractivity contribution in [3.05, 3.63) is 18.2 Å². The first kappa shape index (κ1) is 15.2. The first-order valence-corrected chi connectivity index (χ1v) is 6.88. The SMILES string of the molecule is CCCN(CCn1ccnc1C)CC(C)(C)CN. The van der Waals surface area contributed by atoms with Crippen molar-refractivity contribution < 1.29 is 0 Å². The van der Waals surface area contributed by atoms with Gasteiger partial charge < -0.3 is 15.2 Å². The van der Waals surface area contributed by atoms with E-state index in [1.807, 2.05) is 19.3 Å². The Labute approximate surface area is 111 Å². The number of nitrogens with zero attached hydrogens (tertiary/aromatic N) is 3. The lowest BCUT2D eigenvalue weighted by atomic mass is 9.93. The van der Waals surface area contributed by atoms with Crippen LogP contribution in [0.25, 0.3) is 0 Å². The molecule has 0 bridgehead atoms. The summed E-state index contributed by atoms with van der Waals surface area (Å²) in [5, 5.41) is 0. The maximum Gasteiger partial charge on any atom is 0.105 e. The lowest BCUT2D eigenvalue weighted by Gasteiger charge is -2.31. The van der Waals surface area contributed by atoms with Crippen molar-refractivity contribution in [3.8, 4) is 0 Å². The summed E-state index contributed by atoms with van der Waals surface area (Å²) in [5.41, 5.74) is 6.02. The molecule has 18 heavy (non-hydrogen) atoms. The molecule has 1 rings (SSSR count). The van der Waals surface area contributed by atoms with Crippen LogP contribution in [-0.4, -0.2) is 40.6 Å². The van der Waals surface area contributed by atoms with Gasteiger partial charge >= 0.3 is 0 Å². The zero-order chi connectivity index (χ0) is 13.6. The molecular weight excluding hydrogens is 224 g/mol. The molecule has 0 saturated heterocycles. The molecule has 1 aromatic rings. The third kappa shape index (κ3) is 4.78. The van der Waals surface area contributed by atoms with Crippen molar-refractivity contribution in [2.75, 3.05) is 26.2 Å². The van der Waals surface area contributed by atoms with E-state index in [0.29, 0.717) is 0 Å². The fourth-order valence-electron chi connectivity index (χ4n) is 2.15. The van der Waals surface area contributed by atoms with Crippen LogP contribution in [0.15, 0.2) is 12.4 Å². The monoisotopic (exact) mass is 252 g/mol. The molecule has 0 aliphatic carbocycles. The number of nitrogens with two attached hydrogens (primary N) is 1. The highest BCUT2D eigenvalue weighted by atomic mass is 15.2. The van der Waals surface area contributed by atoms with Crippen LogP contribution >= 0.6 is 0 Å². The Kier molecular flexibility index (Phi) is 5.82. The maximum absolute atomic E-state index is 5.82. The van der Waals surface area contributed by atoms with Crippen molar-refractivity contribution in [2.24, 2.45) is 11.1 Å². The van der Waals surface area contributed by atoms with E-state index in [4.69, 9.17) is 5.73 Å². The number of aromatic nitrogens is 2. The quantitative estimate of drug-likeness (QED) is 0.768. The first-order chi connectivity index (χ1) is 8.48. The minimum atomic E-state index is 0.194. The van der Waals surface area contributed by atoms with Crippen molar-refractivity contribution in [1.82, 2.24) is 14.5 Å². The fourth-order valence-corrected chi connectivity index (χ4v) is 2.15. The standard InChI is InChI=1S/C14H28N4/c1-5-7-17(12-14(3,4)11-15)9-10-18-8-6-16-13(18)2/h6,8H,5,7,9-12,15H2,1-4H3. The molecule has 1 heterocycles. The van der Waals surface area contributed by atoms with Crippen LogP contribution in [0.4, 0.5) is 0 Å². The summed E-state index contributed by atoms with van der Waals surface area (Å²) in [6.07, 6.45) is 5.10. The molecule has 0 aliphatic heterocycles. The Balaban J connectivity index is 2.50. The molecule has 104 valence electrons. The molecule has 1 aromatic heterocycles. The molecule has 0 saturated carbocycles. The zero-order valence-electron chi connectivity index (χ0n) is 12.3. The molecule has 4 nitrogen and oxygen atoms in total. The highest BCUT2D eigenvalue weighted by molar-refractivity contribution is 4.88. The summed E-state index contributed by atoms with van der Waals surface area (Å²) in [7, 11) is 0. The fraction of sp³-hybridized carbons (Fsp3) is 0.786. The molecule has 0 amide bonds. The van der Waals surface area contributed by atoms with E-state index in [1.165, 1.54) is 6.42 Å². The lowest BCUT2D eigenvalue weighted by Crippen LogP contribution is -2.40. The van der Waals surface area contributed by atoms with Crippen molar-refractivity contribution >= 4 is 0 Å². The Morgan fingerprint density at radius 3 is 2.61 bits per heavy atom. The summed E-state index contributed by atoms with van der Waals surface area (Å²) in [6, 6.07) is 0. The van der Waals surface area contributed by atoms with E-state index in [1.54, 1.807) is 0 Å². The average molecular weight is 252 g/mol. The first-order valence-electron chi connectivity index (χ1n) is 6.88. The number of hydrogen-bond acceptors (Lipinski definition) is 3. The van der Waals surface area contributed by atoms with Gasteiger partial charge in [-0.1, -0.05) is 20.8 Å². The summed E-state index contributed by atoms with van der Waals surface area (Å²) in [6.45, 7) is 13.7. The summed E-state index contributed by atoms with van der Waals surface area (Å²) in [5.74, 6) is 1.09. The van der Waals surface area contributed by atoms with Gasteiger partial charge in [0.1, 0.15) is 5.82 Å².